The molecule has 1 aliphatic carbocycles. The third-order valence-electron chi connectivity index (χ3n) is 5.21. The van der Waals surface area contributed by atoms with E-state index in [0.717, 1.165) is 4.90 Å². The third kappa shape index (κ3) is 4.26. The van der Waals surface area contributed by atoms with E-state index in [2.05, 4.69) is 0 Å². The van der Waals surface area contributed by atoms with E-state index in [4.69, 9.17) is 27.9 Å². The van der Waals surface area contributed by atoms with Gasteiger partial charge in [-0.25, -0.2) is 4.79 Å². The number of fused-ring (bicyclic) bond motifs is 1. The average molecular weight is 424 g/mol. The zero-order valence-corrected chi connectivity index (χ0v) is 17.4. The van der Waals surface area contributed by atoms with Crippen molar-refractivity contribution in [2.24, 2.45) is 17.8 Å². The topological polar surface area (TPSA) is 63.7 Å². The van der Waals surface area contributed by atoms with Crippen LogP contribution in [-0.4, -0.2) is 28.7 Å². The summed E-state index contributed by atoms with van der Waals surface area (Å²) in [6.07, 6.45) is 5.28. The molecule has 150 valence electrons. The Balaban J connectivity index is 1.77. The second-order valence-corrected chi connectivity index (χ2v) is 8.53. The smallest absolute Gasteiger partial charge is 0.329 e. The van der Waals surface area contributed by atoms with Crippen LogP contribution in [-0.2, 0) is 25.7 Å². The fourth-order valence-electron chi connectivity index (χ4n) is 3.77. The lowest BCUT2D eigenvalue weighted by molar-refractivity contribution is -0.160. The summed E-state index contributed by atoms with van der Waals surface area (Å²) in [4.78, 5) is 39.7. The number of hydrogen-bond donors (Lipinski definition) is 0. The second-order valence-electron chi connectivity index (χ2n) is 7.69. The van der Waals surface area contributed by atoms with Gasteiger partial charge in [-0.05, 0) is 37.3 Å². The number of allylic oxidation sites excluding steroid dienone is 2. The SMILES string of the molecule is CC(C)CC(C(=O)OCc1ccc(Cl)cc1Cl)N1C(=O)C2CC=CCC2C1=O. The highest BCUT2D eigenvalue weighted by Crippen LogP contribution is 2.37. The van der Waals surface area contributed by atoms with Crippen LogP contribution in [0.25, 0.3) is 0 Å². The van der Waals surface area contributed by atoms with Gasteiger partial charge in [0.1, 0.15) is 12.6 Å². The van der Waals surface area contributed by atoms with Crippen LogP contribution >= 0.6 is 23.2 Å². The Morgan fingerprint density at radius 1 is 1.14 bits per heavy atom. The molecule has 28 heavy (non-hydrogen) atoms. The molecule has 1 aromatic rings. The molecule has 1 heterocycles. The van der Waals surface area contributed by atoms with Gasteiger partial charge in [0.2, 0.25) is 11.8 Å². The van der Waals surface area contributed by atoms with Crippen LogP contribution in [0.15, 0.2) is 30.4 Å². The number of halogens is 2. The maximum atomic E-state index is 12.9. The zero-order chi connectivity index (χ0) is 20.4. The molecule has 0 radical (unpaired) electrons. The Morgan fingerprint density at radius 3 is 2.29 bits per heavy atom. The molecule has 1 aliphatic heterocycles. The summed E-state index contributed by atoms with van der Waals surface area (Å²) in [5, 5.41) is 0.883. The highest BCUT2D eigenvalue weighted by Gasteiger charge is 2.51. The van der Waals surface area contributed by atoms with Gasteiger partial charge in [0.05, 0.1) is 11.8 Å². The van der Waals surface area contributed by atoms with E-state index >= 15 is 0 Å². The van der Waals surface area contributed by atoms with Gasteiger partial charge >= 0.3 is 5.97 Å². The molecule has 0 N–H and O–H groups in total. The van der Waals surface area contributed by atoms with E-state index in [9.17, 15) is 14.4 Å². The Kier molecular flexibility index (Phi) is 6.46. The number of ether oxygens (including phenoxy) is 1. The lowest BCUT2D eigenvalue weighted by Crippen LogP contribution is -2.47. The molecule has 0 aromatic heterocycles. The first-order valence-electron chi connectivity index (χ1n) is 9.42. The Morgan fingerprint density at radius 2 is 1.75 bits per heavy atom. The van der Waals surface area contributed by atoms with Crippen LogP contribution in [0.3, 0.4) is 0 Å². The van der Waals surface area contributed by atoms with Gasteiger partial charge in [0.15, 0.2) is 0 Å². The van der Waals surface area contributed by atoms with Gasteiger partial charge in [-0.1, -0.05) is 55.3 Å². The van der Waals surface area contributed by atoms with Crippen LogP contribution in [0, 0.1) is 17.8 Å². The lowest BCUT2D eigenvalue weighted by Gasteiger charge is -2.26. The number of benzene rings is 1. The summed E-state index contributed by atoms with van der Waals surface area (Å²) in [6, 6.07) is 4.00. The van der Waals surface area contributed by atoms with E-state index < -0.39 is 12.0 Å². The maximum Gasteiger partial charge on any atom is 0.329 e. The van der Waals surface area contributed by atoms with Gasteiger partial charge in [-0.15, -0.1) is 0 Å². The highest BCUT2D eigenvalue weighted by atomic mass is 35.5. The summed E-state index contributed by atoms with van der Waals surface area (Å²) >= 11 is 12.0. The van der Waals surface area contributed by atoms with Crippen LogP contribution in [0.2, 0.25) is 10.0 Å². The minimum atomic E-state index is -0.920. The average Bonchev–Trinajstić information content (AvgIpc) is 2.90. The summed E-state index contributed by atoms with van der Waals surface area (Å²) < 4.78 is 5.45. The molecule has 1 saturated heterocycles. The molecule has 3 unspecified atom stereocenters. The Bertz CT molecular complexity index is 795. The second kappa shape index (κ2) is 8.66. The van der Waals surface area contributed by atoms with Crippen molar-refractivity contribution >= 4 is 41.0 Å². The van der Waals surface area contributed by atoms with E-state index in [1.165, 1.54) is 0 Å². The van der Waals surface area contributed by atoms with Crippen molar-refractivity contribution in [2.75, 3.05) is 0 Å². The minimum Gasteiger partial charge on any atom is -0.459 e. The van der Waals surface area contributed by atoms with E-state index in [0.29, 0.717) is 34.9 Å². The van der Waals surface area contributed by atoms with Gasteiger partial charge in [-0.2, -0.15) is 0 Å². The zero-order valence-electron chi connectivity index (χ0n) is 15.9. The molecule has 2 amide bonds. The predicted molar refractivity (Wildman–Crippen MR) is 107 cm³/mol. The first-order valence-corrected chi connectivity index (χ1v) is 10.2. The van der Waals surface area contributed by atoms with E-state index in [1.807, 2.05) is 26.0 Å². The quantitative estimate of drug-likeness (QED) is 0.386. The molecule has 3 atom stereocenters. The van der Waals surface area contributed by atoms with Gasteiger partial charge in [0.25, 0.3) is 0 Å². The normalized spacial score (nSPS) is 22.5. The lowest BCUT2D eigenvalue weighted by atomic mass is 9.85. The fourth-order valence-corrected chi connectivity index (χ4v) is 4.23. The molecule has 1 aromatic carbocycles. The molecule has 1 fully saturated rings. The molecule has 5 nitrogen and oxygen atoms in total. The summed E-state index contributed by atoms with van der Waals surface area (Å²) in [7, 11) is 0. The molecule has 0 bridgehead atoms. The van der Waals surface area contributed by atoms with Crippen molar-refractivity contribution in [3.05, 3.63) is 46.0 Å². The van der Waals surface area contributed by atoms with Gasteiger partial charge < -0.3 is 4.74 Å². The molecular weight excluding hydrogens is 401 g/mol. The largest absolute Gasteiger partial charge is 0.459 e. The third-order valence-corrected chi connectivity index (χ3v) is 5.79. The highest BCUT2D eigenvalue weighted by molar-refractivity contribution is 6.35. The van der Waals surface area contributed by atoms with E-state index in [-0.39, 0.29) is 36.2 Å². The minimum absolute atomic E-state index is 0.0476. The van der Waals surface area contributed by atoms with Crippen LogP contribution in [0.5, 0.6) is 0 Å². The van der Waals surface area contributed by atoms with Crippen molar-refractivity contribution in [1.29, 1.82) is 0 Å². The summed E-state index contributed by atoms with van der Waals surface area (Å²) in [5.74, 6) is -1.76. The van der Waals surface area contributed by atoms with Gasteiger partial charge in [0, 0.05) is 15.6 Å². The Labute approximate surface area is 174 Å². The number of nitrogens with zero attached hydrogens (tertiary/aromatic N) is 1. The van der Waals surface area contributed by atoms with Gasteiger partial charge in [-0.3, -0.25) is 14.5 Å². The molecule has 7 heteroatoms. The maximum absolute atomic E-state index is 12.9. The number of amides is 2. The number of carbonyl (C=O) groups is 3. The van der Waals surface area contributed by atoms with Crippen molar-refractivity contribution in [3.63, 3.8) is 0 Å². The van der Waals surface area contributed by atoms with Crippen LogP contribution in [0.4, 0.5) is 0 Å². The predicted octanol–water partition coefficient (Wildman–Crippen LogP) is 4.40. The summed E-state index contributed by atoms with van der Waals surface area (Å²) in [6.45, 7) is 3.83. The van der Waals surface area contributed by atoms with Crippen molar-refractivity contribution in [3.8, 4) is 0 Å². The van der Waals surface area contributed by atoms with E-state index in [1.54, 1.807) is 18.2 Å². The number of likely N-dealkylation sites (tertiary alicyclic amines) is 1. The standard InChI is InChI=1S/C21H23Cl2NO4/c1-12(2)9-18(21(27)28-11-13-7-8-14(22)10-17(13)23)24-19(25)15-5-3-4-6-16(15)20(24)26/h3-4,7-8,10,12,15-16,18H,5-6,9,11H2,1-2H3. The van der Waals surface area contributed by atoms with Crippen LogP contribution < -0.4 is 0 Å². The molecule has 2 aliphatic rings. The molecule has 0 saturated carbocycles. The number of esters is 1. The monoisotopic (exact) mass is 423 g/mol. The van der Waals surface area contributed by atoms with Crippen molar-refractivity contribution < 1.29 is 19.1 Å². The molecule has 0 spiro atoms. The molecule has 3 rings (SSSR count). The number of rotatable bonds is 6. The first-order chi connectivity index (χ1) is 13.3. The van der Waals surface area contributed by atoms with Crippen LogP contribution in [0.1, 0.15) is 38.7 Å². The number of hydrogen-bond acceptors (Lipinski definition) is 4. The molecular formula is C21H23Cl2NO4. The number of imide groups is 1. The fraction of sp³-hybridized carbons (Fsp3) is 0.476. The first kappa shape index (κ1) is 20.9. The summed E-state index contributed by atoms with van der Waals surface area (Å²) in [5.41, 5.74) is 0.611. The Hall–Kier alpha value is -1.85. The van der Waals surface area contributed by atoms with Crippen molar-refractivity contribution in [2.45, 2.75) is 45.8 Å². The van der Waals surface area contributed by atoms with Crippen molar-refractivity contribution in [1.82, 2.24) is 4.90 Å². The number of carbonyl (C=O) groups excluding carboxylic acids is 3.